The molecule has 4 atom stereocenters. The maximum atomic E-state index is 14.0. The van der Waals surface area contributed by atoms with E-state index in [4.69, 9.17) is 4.74 Å². The van der Waals surface area contributed by atoms with Crippen molar-refractivity contribution in [3.05, 3.63) is 113 Å². The van der Waals surface area contributed by atoms with E-state index in [9.17, 15) is 9.59 Å². The maximum absolute atomic E-state index is 14.0. The lowest BCUT2D eigenvalue weighted by atomic mass is 9.51. The molecule has 2 bridgehead atoms. The first-order valence-electron chi connectivity index (χ1n) is 11.0. The molecule has 0 N–H and O–H groups in total. The van der Waals surface area contributed by atoms with E-state index < -0.39 is 11.3 Å². The van der Waals surface area contributed by atoms with Gasteiger partial charge < -0.3 is 4.74 Å². The summed E-state index contributed by atoms with van der Waals surface area (Å²) < 4.78 is 5.34. The zero-order valence-corrected chi connectivity index (χ0v) is 17.8. The van der Waals surface area contributed by atoms with Crippen LogP contribution in [0.1, 0.15) is 34.1 Å². The van der Waals surface area contributed by atoms with E-state index in [0.29, 0.717) is 6.54 Å². The first kappa shape index (κ1) is 19.1. The van der Waals surface area contributed by atoms with Crippen molar-refractivity contribution in [2.45, 2.75) is 23.8 Å². The van der Waals surface area contributed by atoms with Gasteiger partial charge in [0.25, 0.3) is 0 Å². The number of nitrogens with zero attached hydrogens (tertiary/aromatic N) is 1. The third-order valence-electron chi connectivity index (χ3n) is 7.38. The minimum atomic E-state index is -0.943. The number of benzene rings is 3. The molecule has 0 unspecified atom stereocenters. The zero-order valence-electron chi connectivity index (χ0n) is 17.8. The van der Waals surface area contributed by atoms with Gasteiger partial charge in [0.2, 0.25) is 11.8 Å². The normalized spacial score (nSPS) is 27.4. The molecule has 4 heteroatoms. The van der Waals surface area contributed by atoms with E-state index in [1.54, 1.807) is 7.11 Å². The third-order valence-corrected chi connectivity index (χ3v) is 7.38. The summed E-state index contributed by atoms with van der Waals surface area (Å²) in [5.41, 5.74) is 3.21. The Balaban J connectivity index is 1.52. The van der Waals surface area contributed by atoms with E-state index >= 15 is 0 Å². The van der Waals surface area contributed by atoms with Crippen molar-refractivity contribution in [1.29, 1.82) is 0 Å². The van der Waals surface area contributed by atoms with Crippen molar-refractivity contribution in [2.24, 2.45) is 5.92 Å². The summed E-state index contributed by atoms with van der Waals surface area (Å²) >= 11 is 0. The topological polar surface area (TPSA) is 46.6 Å². The fourth-order valence-electron chi connectivity index (χ4n) is 5.99. The van der Waals surface area contributed by atoms with E-state index in [1.165, 1.54) is 4.90 Å². The van der Waals surface area contributed by atoms with Gasteiger partial charge in [0.15, 0.2) is 0 Å². The molecular weight excluding hydrogens is 398 g/mol. The number of hydrogen-bond donors (Lipinski definition) is 0. The van der Waals surface area contributed by atoms with E-state index in [-0.39, 0.29) is 23.7 Å². The van der Waals surface area contributed by atoms with Crippen LogP contribution >= 0.6 is 0 Å². The lowest BCUT2D eigenvalue weighted by Gasteiger charge is -2.48. The molecule has 1 heterocycles. The molecule has 0 aromatic heterocycles. The Hall–Kier alpha value is -3.66. The van der Waals surface area contributed by atoms with Gasteiger partial charge in [0.05, 0.1) is 19.6 Å². The second kappa shape index (κ2) is 6.92. The molecule has 7 rings (SSSR count). The molecule has 1 saturated heterocycles. The van der Waals surface area contributed by atoms with Crippen LogP contribution in [0.2, 0.25) is 0 Å². The number of rotatable bonds is 4. The molecule has 0 radical (unpaired) electrons. The molecule has 4 aliphatic rings. The molecule has 0 saturated carbocycles. The van der Waals surface area contributed by atoms with Gasteiger partial charge in [-0.15, -0.1) is 0 Å². The Bertz CT molecular complexity index is 1250. The predicted octanol–water partition coefficient (Wildman–Crippen LogP) is 4.57. The molecule has 4 nitrogen and oxygen atoms in total. The first-order chi connectivity index (χ1) is 15.6. The van der Waals surface area contributed by atoms with Crippen LogP contribution in [0.25, 0.3) is 0 Å². The molecule has 3 aromatic rings. The molecule has 1 spiro atoms. The number of amides is 2. The summed E-state index contributed by atoms with van der Waals surface area (Å²) in [4.78, 5) is 29.4. The van der Waals surface area contributed by atoms with Crippen molar-refractivity contribution in [3.63, 3.8) is 0 Å². The Morgan fingerprint density at radius 3 is 2.38 bits per heavy atom. The number of imide groups is 1. The van der Waals surface area contributed by atoms with Crippen LogP contribution in [0.5, 0.6) is 5.75 Å². The van der Waals surface area contributed by atoms with Gasteiger partial charge in [-0.2, -0.15) is 0 Å². The van der Waals surface area contributed by atoms with Crippen LogP contribution in [0.4, 0.5) is 0 Å². The van der Waals surface area contributed by atoms with Gasteiger partial charge in [-0.1, -0.05) is 78.9 Å². The number of ether oxygens (including phenoxy) is 1. The monoisotopic (exact) mass is 421 g/mol. The molecule has 3 aliphatic carbocycles. The minimum absolute atomic E-state index is 0.0555. The number of carbonyl (C=O) groups is 2. The summed E-state index contributed by atoms with van der Waals surface area (Å²) in [5, 5.41) is 0. The fraction of sp³-hybridized carbons (Fsp3) is 0.214. The zero-order chi connectivity index (χ0) is 21.9. The summed E-state index contributed by atoms with van der Waals surface area (Å²) in [6, 6.07) is 25.8. The number of allylic oxidation sites excluding steroid dienone is 1. The SMILES string of the molecule is COc1ccc([C@@H]2[C@@H]3C=C[C@@]4(C(=O)N(Cc5ccccc5)C(=O)[C@@H]24)c2ccccc23)cc1. The molecule has 1 aliphatic heterocycles. The molecule has 3 aromatic carbocycles. The fourth-order valence-corrected chi connectivity index (χ4v) is 5.99. The maximum Gasteiger partial charge on any atom is 0.244 e. The van der Waals surface area contributed by atoms with Crippen molar-refractivity contribution >= 4 is 11.8 Å². The summed E-state index contributed by atoms with van der Waals surface area (Å²) in [6.45, 7) is 0.298. The van der Waals surface area contributed by atoms with Crippen molar-refractivity contribution in [1.82, 2.24) is 4.90 Å². The molecular formula is C28H23NO3. The lowest BCUT2D eigenvalue weighted by Crippen LogP contribution is -2.49. The van der Waals surface area contributed by atoms with Gasteiger partial charge in [0.1, 0.15) is 11.2 Å². The highest BCUT2D eigenvalue weighted by Gasteiger charge is 2.67. The van der Waals surface area contributed by atoms with Gasteiger partial charge in [0, 0.05) is 11.8 Å². The van der Waals surface area contributed by atoms with Crippen LogP contribution in [0, 0.1) is 5.92 Å². The van der Waals surface area contributed by atoms with Crippen molar-refractivity contribution in [2.75, 3.05) is 7.11 Å². The Morgan fingerprint density at radius 1 is 0.906 bits per heavy atom. The standard InChI is InChI=1S/C28H23NO3/c1-32-20-13-11-19(12-14-20)24-22-15-16-28(23-10-6-5-9-21(22)23)25(24)26(30)29(27(28)31)17-18-7-3-2-4-8-18/h2-16,22,24-25H,17H2,1H3/t22-,24-,25-,28-/m1/s1. The Kier molecular flexibility index (Phi) is 4.12. The average Bonchev–Trinajstić information content (AvgIpc) is 3.07. The van der Waals surface area contributed by atoms with Crippen LogP contribution < -0.4 is 4.74 Å². The van der Waals surface area contributed by atoms with Gasteiger partial charge >= 0.3 is 0 Å². The number of hydrogen-bond acceptors (Lipinski definition) is 3. The van der Waals surface area contributed by atoms with Crippen molar-refractivity contribution in [3.8, 4) is 5.75 Å². The highest BCUT2D eigenvalue weighted by Crippen LogP contribution is 2.62. The van der Waals surface area contributed by atoms with E-state index in [0.717, 1.165) is 28.0 Å². The van der Waals surface area contributed by atoms with Crippen LogP contribution in [-0.2, 0) is 21.5 Å². The van der Waals surface area contributed by atoms with Crippen molar-refractivity contribution < 1.29 is 14.3 Å². The summed E-state index contributed by atoms with van der Waals surface area (Å²) in [6.07, 6.45) is 4.15. The quantitative estimate of drug-likeness (QED) is 0.458. The van der Waals surface area contributed by atoms with Crippen LogP contribution in [0.3, 0.4) is 0 Å². The Labute approximate surface area is 187 Å². The summed E-state index contributed by atoms with van der Waals surface area (Å²) in [5.74, 6) is 0.0927. The first-order valence-corrected chi connectivity index (χ1v) is 11.0. The second-order valence-corrected chi connectivity index (χ2v) is 8.83. The van der Waals surface area contributed by atoms with Crippen LogP contribution in [0.15, 0.2) is 91.0 Å². The minimum Gasteiger partial charge on any atom is -0.497 e. The second-order valence-electron chi connectivity index (χ2n) is 8.83. The summed E-state index contributed by atoms with van der Waals surface area (Å²) in [7, 11) is 1.65. The highest BCUT2D eigenvalue weighted by molar-refractivity contribution is 6.13. The van der Waals surface area contributed by atoms with Gasteiger partial charge in [-0.3, -0.25) is 14.5 Å². The molecule has 2 amide bonds. The predicted molar refractivity (Wildman–Crippen MR) is 121 cm³/mol. The number of methoxy groups -OCH3 is 1. The molecule has 32 heavy (non-hydrogen) atoms. The van der Waals surface area contributed by atoms with Gasteiger partial charge in [-0.05, 0) is 34.4 Å². The molecule has 1 fully saturated rings. The third kappa shape index (κ3) is 2.44. The van der Waals surface area contributed by atoms with E-state index in [2.05, 4.69) is 12.1 Å². The van der Waals surface area contributed by atoms with Crippen LogP contribution in [-0.4, -0.2) is 23.8 Å². The number of carbonyl (C=O) groups excluding carboxylic acids is 2. The van der Waals surface area contributed by atoms with Gasteiger partial charge in [-0.25, -0.2) is 0 Å². The lowest BCUT2D eigenvalue weighted by molar-refractivity contribution is -0.140. The largest absolute Gasteiger partial charge is 0.497 e. The Morgan fingerprint density at radius 2 is 1.62 bits per heavy atom. The van der Waals surface area contributed by atoms with E-state index in [1.807, 2.05) is 78.9 Å². The average molecular weight is 421 g/mol. The number of likely N-dealkylation sites (tertiary alicyclic amines) is 1. The smallest absolute Gasteiger partial charge is 0.244 e. The molecule has 158 valence electrons. The highest BCUT2D eigenvalue weighted by atomic mass is 16.5.